The molecule has 4 aliphatic rings. The van der Waals surface area contributed by atoms with E-state index >= 15 is 0 Å². The van der Waals surface area contributed by atoms with E-state index in [0.717, 1.165) is 0 Å². The van der Waals surface area contributed by atoms with Gasteiger partial charge in [0.05, 0.1) is 0 Å². The topological polar surface area (TPSA) is 0 Å². The zero-order chi connectivity index (χ0) is 47.4. The molecule has 0 amide bonds. The maximum Gasteiger partial charge on any atom is 0.0165 e. The maximum atomic E-state index is 2.62. The summed E-state index contributed by atoms with van der Waals surface area (Å²) in [5.41, 5.74) is 27.0. The Balaban J connectivity index is 0.956. The van der Waals surface area contributed by atoms with E-state index in [0.29, 0.717) is 0 Å². The number of rotatable bonds is 2. The quantitative estimate of drug-likeness (QED) is 0.152. The molecule has 334 valence electrons. The van der Waals surface area contributed by atoms with Crippen LogP contribution >= 0.6 is 0 Å². The molecule has 0 atom stereocenters. The molecule has 0 N–H and O–H groups in total. The van der Waals surface area contributed by atoms with E-state index in [9.17, 15) is 0 Å². The highest BCUT2D eigenvalue weighted by atomic mass is 14.5. The van der Waals surface area contributed by atoms with Gasteiger partial charge in [0.2, 0.25) is 0 Å². The normalized spacial score (nSPS) is 16.5. The van der Waals surface area contributed by atoms with Crippen LogP contribution in [-0.2, 0) is 21.7 Å². The minimum absolute atomic E-state index is 0.0715. The second-order valence-corrected chi connectivity index (χ2v) is 23.1. The van der Waals surface area contributed by atoms with Crippen molar-refractivity contribution in [2.75, 3.05) is 0 Å². The van der Waals surface area contributed by atoms with Gasteiger partial charge in [0.1, 0.15) is 0 Å². The molecule has 0 heteroatoms. The lowest BCUT2D eigenvalue weighted by molar-refractivity contribution is 0.639. The van der Waals surface area contributed by atoms with Crippen molar-refractivity contribution in [2.24, 2.45) is 0 Å². The van der Waals surface area contributed by atoms with E-state index in [1.54, 1.807) is 0 Å². The van der Waals surface area contributed by atoms with Crippen LogP contribution in [0.4, 0.5) is 0 Å². The molecule has 0 aromatic heterocycles. The summed E-state index contributed by atoms with van der Waals surface area (Å²) in [6.07, 6.45) is 0. The average Bonchev–Trinajstić information content (AvgIpc) is 3.94. The van der Waals surface area contributed by atoms with Gasteiger partial charge in [-0.15, -0.1) is 0 Å². The lowest BCUT2D eigenvalue weighted by atomic mass is 9.76. The Hall–Kier alpha value is -7.54. The third kappa shape index (κ3) is 4.87. The van der Waals surface area contributed by atoms with E-state index in [1.807, 2.05) is 0 Å². The Morgan fingerprint density at radius 1 is 0.243 bits per heavy atom. The summed E-state index contributed by atoms with van der Waals surface area (Å²) in [6, 6.07) is 70.6. The molecule has 0 saturated carbocycles. The summed E-state index contributed by atoms with van der Waals surface area (Å²) in [4.78, 5) is 0. The molecule has 0 fully saturated rings. The van der Waals surface area contributed by atoms with Gasteiger partial charge in [-0.2, -0.15) is 0 Å². The molecule has 70 heavy (non-hydrogen) atoms. The van der Waals surface area contributed by atoms with Crippen molar-refractivity contribution in [1.82, 2.24) is 0 Å². The zero-order valence-corrected chi connectivity index (χ0v) is 41.3. The molecular formula is C70H54. The Labute approximate surface area is 411 Å². The molecule has 15 rings (SSSR count). The highest BCUT2D eigenvalue weighted by Crippen LogP contribution is 2.61. The van der Waals surface area contributed by atoms with Crippen molar-refractivity contribution in [3.63, 3.8) is 0 Å². The van der Waals surface area contributed by atoms with Crippen molar-refractivity contribution in [3.05, 3.63) is 226 Å². The van der Waals surface area contributed by atoms with Gasteiger partial charge in [0.15, 0.2) is 0 Å². The average molecular weight is 895 g/mol. The Kier molecular flexibility index (Phi) is 7.61. The summed E-state index contributed by atoms with van der Waals surface area (Å²) >= 11 is 0. The largest absolute Gasteiger partial charge is 0.0619 e. The predicted molar refractivity (Wildman–Crippen MR) is 298 cm³/mol. The second-order valence-electron chi connectivity index (χ2n) is 23.1. The van der Waals surface area contributed by atoms with Gasteiger partial charge in [0.25, 0.3) is 0 Å². The molecule has 11 aromatic carbocycles. The van der Waals surface area contributed by atoms with Crippen LogP contribution in [0.25, 0.3) is 110 Å². The molecule has 0 radical (unpaired) electrons. The molecule has 0 nitrogen and oxygen atoms in total. The third-order valence-electron chi connectivity index (χ3n) is 18.2. The van der Waals surface area contributed by atoms with Crippen molar-refractivity contribution in [1.29, 1.82) is 0 Å². The lowest BCUT2D eigenvalue weighted by Crippen LogP contribution is -2.19. The van der Waals surface area contributed by atoms with E-state index in [2.05, 4.69) is 237 Å². The van der Waals surface area contributed by atoms with Crippen LogP contribution in [0.1, 0.15) is 99.9 Å². The van der Waals surface area contributed by atoms with Crippen molar-refractivity contribution < 1.29 is 0 Å². The summed E-state index contributed by atoms with van der Waals surface area (Å²) < 4.78 is 0. The molecule has 0 spiro atoms. The molecule has 0 heterocycles. The van der Waals surface area contributed by atoms with Crippen molar-refractivity contribution >= 4 is 43.1 Å². The van der Waals surface area contributed by atoms with Crippen LogP contribution in [0, 0.1) is 0 Å². The van der Waals surface area contributed by atoms with Crippen LogP contribution in [-0.4, -0.2) is 0 Å². The number of fused-ring (bicyclic) bond motifs is 20. The van der Waals surface area contributed by atoms with E-state index in [4.69, 9.17) is 0 Å². The first-order valence-corrected chi connectivity index (χ1v) is 25.4. The van der Waals surface area contributed by atoms with Crippen LogP contribution in [0.5, 0.6) is 0 Å². The van der Waals surface area contributed by atoms with Gasteiger partial charge in [0, 0.05) is 21.7 Å². The van der Waals surface area contributed by atoms with Crippen LogP contribution in [0.2, 0.25) is 0 Å². The highest BCUT2D eigenvalue weighted by Gasteiger charge is 2.44. The Morgan fingerprint density at radius 2 is 0.714 bits per heavy atom. The standard InChI is InChI=1S/C70H54/c1-67(2)59-33-40(50-34-54-44-23-15-17-27-57(44)69(5,6)65(54)48-25-13-11-21-42(48)50)30-31-46(59)53-36-56-61(38-60(53)67)68(3,4)62-37-52(47-32-29-39-19-9-10-20-41(39)63(47)64(56)62)51-35-55-45-24-16-18-28-58(45)70(7,8)66(55)49-26-14-12-22-43(49)51/h9-38H,1-8H3. The summed E-state index contributed by atoms with van der Waals surface area (Å²) in [5, 5.41) is 10.6. The molecule has 0 unspecified atom stereocenters. The van der Waals surface area contributed by atoms with Crippen molar-refractivity contribution in [3.8, 4) is 66.8 Å². The summed E-state index contributed by atoms with van der Waals surface area (Å²) in [6.45, 7) is 19.5. The van der Waals surface area contributed by atoms with Gasteiger partial charge in [-0.3, -0.25) is 0 Å². The molecule has 4 aliphatic carbocycles. The van der Waals surface area contributed by atoms with Gasteiger partial charge < -0.3 is 0 Å². The van der Waals surface area contributed by atoms with Crippen LogP contribution in [0.3, 0.4) is 0 Å². The van der Waals surface area contributed by atoms with Gasteiger partial charge >= 0.3 is 0 Å². The minimum Gasteiger partial charge on any atom is -0.0619 e. The fraction of sp³-hybridized carbons (Fsp3) is 0.171. The zero-order valence-electron chi connectivity index (χ0n) is 41.3. The maximum absolute atomic E-state index is 2.62. The molecular weight excluding hydrogens is 841 g/mol. The van der Waals surface area contributed by atoms with Crippen LogP contribution < -0.4 is 0 Å². The highest BCUT2D eigenvalue weighted by molar-refractivity contribution is 6.22. The molecule has 11 aromatic rings. The van der Waals surface area contributed by atoms with Crippen LogP contribution in [0.15, 0.2) is 182 Å². The first kappa shape index (κ1) is 40.4. The van der Waals surface area contributed by atoms with Gasteiger partial charge in [-0.25, -0.2) is 0 Å². The third-order valence-corrected chi connectivity index (χ3v) is 18.2. The number of benzene rings is 11. The van der Waals surface area contributed by atoms with E-state index < -0.39 is 0 Å². The molecule has 0 saturated heterocycles. The fourth-order valence-corrected chi connectivity index (χ4v) is 14.8. The minimum atomic E-state index is -0.246. The van der Waals surface area contributed by atoms with E-state index in [1.165, 1.54) is 154 Å². The fourth-order valence-electron chi connectivity index (χ4n) is 14.8. The van der Waals surface area contributed by atoms with Gasteiger partial charge in [-0.05, 0) is 185 Å². The smallest absolute Gasteiger partial charge is 0.0165 e. The number of hydrogen-bond donors (Lipinski definition) is 0. The second kappa shape index (κ2) is 13.2. The predicted octanol–water partition coefficient (Wildman–Crippen LogP) is 18.9. The number of hydrogen-bond acceptors (Lipinski definition) is 0. The Morgan fingerprint density at radius 3 is 1.37 bits per heavy atom. The van der Waals surface area contributed by atoms with Crippen molar-refractivity contribution in [2.45, 2.75) is 77.0 Å². The molecule has 0 bridgehead atoms. The first-order valence-electron chi connectivity index (χ1n) is 25.4. The Bertz CT molecular complexity index is 4220. The monoisotopic (exact) mass is 894 g/mol. The SMILES string of the molecule is CC1(C)c2cc(-c3cc4c(c5ccccc35)C(C)(C)c3ccccc3-4)ccc2-c2cc3c(cc21)C(C)(C)c1cc(-c2cc4c(c5ccccc25)C(C)(C)c2ccccc2-4)c2ccc4ccccc4c2c1-3. The summed E-state index contributed by atoms with van der Waals surface area (Å²) in [5.74, 6) is 0. The summed E-state index contributed by atoms with van der Waals surface area (Å²) in [7, 11) is 0. The lowest BCUT2D eigenvalue weighted by Gasteiger charge is -2.27. The molecule has 0 aliphatic heterocycles. The first-order chi connectivity index (χ1) is 33.8. The van der Waals surface area contributed by atoms with E-state index in [-0.39, 0.29) is 21.7 Å². The van der Waals surface area contributed by atoms with Gasteiger partial charge in [-0.1, -0.05) is 207 Å².